The Morgan fingerprint density at radius 3 is 2.74 bits per heavy atom. The first kappa shape index (κ1) is 19.6. The van der Waals surface area contributed by atoms with Crippen molar-refractivity contribution in [2.24, 2.45) is 0 Å². The molecule has 1 fully saturated rings. The highest BCUT2D eigenvalue weighted by atomic mass is 19.1. The lowest BCUT2D eigenvalue weighted by atomic mass is 9.88. The Morgan fingerprint density at radius 2 is 2.06 bits per heavy atom. The molecule has 0 saturated carbocycles. The number of aromatic hydroxyl groups is 1. The molecular weight excluding hydrogens is 404 g/mol. The van der Waals surface area contributed by atoms with E-state index in [4.69, 9.17) is 4.74 Å². The normalized spacial score (nSPS) is 27.5. The maximum atomic E-state index is 14.9. The highest BCUT2D eigenvalue weighted by molar-refractivity contribution is 5.68. The van der Waals surface area contributed by atoms with E-state index in [9.17, 15) is 13.9 Å². The van der Waals surface area contributed by atoms with Crippen LogP contribution >= 0.6 is 0 Å². The molecule has 2 bridgehead atoms. The fraction of sp³-hybridized carbons (Fsp3) is 0.318. The summed E-state index contributed by atoms with van der Waals surface area (Å²) in [6, 6.07) is 7.75. The number of piperidine rings is 1. The number of rotatable bonds is 4. The van der Waals surface area contributed by atoms with Gasteiger partial charge >= 0.3 is 0 Å². The highest BCUT2D eigenvalue weighted by Crippen LogP contribution is 2.40. The van der Waals surface area contributed by atoms with E-state index in [1.54, 1.807) is 24.3 Å². The quantitative estimate of drug-likeness (QED) is 0.647. The number of halogens is 2. The summed E-state index contributed by atoms with van der Waals surface area (Å²) in [5.41, 5.74) is 1.15. The van der Waals surface area contributed by atoms with Crippen LogP contribution in [0.2, 0.25) is 0 Å². The van der Waals surface area contributed by atoms with Crippen LogP contribution in [0.5, 0.6) is 11.6 Å². The van der Waals surface area contributed by atoms with E-state index in [1.807, 2.05) is 24.1 Å². The van der Waals surface area contributed by atoms with Crippen molar-refractivity contribution in [3.8, 4) is 28.6 Å². The number of likely N-dealkylation sites (N-methyl/N-ethyl adjacent to an activating group) is 1. The van der Waals surface area contributed by atoms with Crippen LogP contribution in [-0.2, 0) is 0 Å². The molecule has 3 aromatic rings. The van der Waals surface area contributed by atoms with Gasteiger partial charge in [0.25, 0.3) is 0 Å². The van der Waals surface area contributed by atoms with Crippen molar-refractivity contribution >= 4 is 0 Å². The van der Waals surface area contributed by atoms with Crippen molar-refractivity contribution in [2.45, 2.75) is 37.2 Å². The van der Waals surface area contributed by atoms with Gasteiger partial charge in [-0.25, -0.2) is 13.5 Å². The first-order valence-electron chi connectivity index (χ1n) is 9.95. The molecule has 2 aliphatic rings. The van der Waals surface area contributed by atoms with Gasteiger partial charge in [-0.15, -0.1) is 10.2 Å². The molecule has 1 unspecified atom stereocenters. The van der Waals surface area contributed by atoms with Gasteiger partial charge < -0.3 is 9.84 Å². The van der Waals surface area contributed by atoms with Gasteiger partial charge in [0.05, 0.1) is 29.8 Å². The van der Waals surface area contributed by atoms with Crippen molar-refractivity contribution in [1.82, 2.24) is 24.9 Å². The Balaban J connectivity index is 1.33. The average molecular weight is 425 g/mol. The molecule has 2 aliphatic heterocycles. The molecule has 1 aromatic carbocycles. The molecule has 160 valence electrons. The summed E-state index contributed by atoms with van der Waals surface area (Å²) in [5, 5.41) is 22.5. The second-order valence-corrected chi connectivity index (χ2v) is 8.18. The Bertz CT molecular complexity index is 1150. The van der Waals surface area contributed by atoms with Crippen LogP contribution in [0.15, 0.2) is 54.9 Å². The number of nitrogens with zero attached hydrogens (tertiary/aromatic N) is 5. The Hall–Kier alpha value is -3.33. The largest absolute Gasteiger partial charge is 0.507 e. The number of ether oxygens (including phenoxy) is 1. The summed E-state index contributed by atoms with van der Waals surface area (Å²) in [5.74, 6) is -0.291. The smallest absolute Gasteiger partial charge is 0.233 e. The molecule has 0 spiro atoms. The molecule has 4 heterocycles. The summed E-state index contributed by atoms with van der Waals surface area (Å²) in [7, 11) is 1.92. The summed E-state index contributed by atoms with van der Waals surface area (Å²) >= 11 is 0. The van der Waals surface area contributed by atoms with Gasteiger partial charge in [0.1, 0.15) is 11.9 Å². The number of benzene rings is 1. The zero-order chi connectivity index (χ0) is 21.8. The molecule has 7 nitrogen and oxygen atoms in total. The SMILES string of the molecule is CN1C2C=C[C@@]1(C)C[C@H](Oc1ccc(-c3ccc(-n4cc(F)cn4)cc3O)nn1)[C@@H]2F. The monoisotopic (exact) mass is 425 g/mol. The fourth-order valence-electron chi connectivity index (χ4n) is 4.27. The summed E-state index contributed by atoms with van der Waals surface area (Å²) in [4.78, 5) is 2.02. The topological polar surface area (TPSA) is 76.3 Å². The lowest BCUT2D eigenvalue weighted by Crippen LogP contribution is -2.58. The second-order valence-electron chi connectivity index (χ2n) is 8.18. The van der Waals surface area contributed by atoms with Crippen molar-refractivity contribution in [3.63, 3.8) is 0 Å². The number of phenolic OH excluding ortho intramolecular Hbond substituents is 1. The number of hydrogen-bond acceptors (Lipinski definition) is 6. The van der Waals surface area contributed by atoms with Gasteiger partial charge in [-0.3, -0.25) is 4.90 Å². The van der Waals surface area contributed by atoms with Crippen molar-refractivity contribution in [1.29, 1.82) is 0 Å². The summed E-state index contributed by atoms with van der Waals surface area (Å²) in [6.07, 6.45) is 4.95. The Morgan fingerprint density at radius 1 is 1.23 bits per heavy atom. The Labute approximate surface area is 177 Å². The van der Waals surface area contributed by atoms with Crippen molar-refractivity contribution in [2.75, 3.05) is 7.05 Å². The molecule has 5 rings (SSSR count). The lowest BCUT2D eigenvalue weighted by Gasteiger charge is -2.45. The maximum Gasteiger partial charge on any atom is 0.233 e. The van der Waals surface area contributed by atoms with Gasteiger partial charge in [0, 0.05) is 29.7 Å². The van der Waals surface area contributed by atoms with E-state index in [2.05, 4.69) is 22.2 Å². The van der Waals surface area contributed by atoms with Gasteiger partial charge in [-0.05, 0) is 32.2 Å². The number of hydrogen-bond donors (Lipinski definition) is 1. The van der Waals surface area contributed by atoms with Crippen LogP contribution in [0.3, 0.4) is 0 Å². The van der Waals surface area contributed by atoms with Crippen molar-refractivity contribution < 1.29 is 18.6 Å². The van der Waals surface area contributed by atoms with E-state index in [0.29, 0.717) is 23.4 Å². The summed E-state index contributed by atoms with van der Waals surface area (Å²) in [6.45, 7) is 2.06. The van der Waals surface area contributed by atoms with Gasteiger partial charge in [-0.1, -0.05) is 12.2 Å². The molecule has 31 heavy (non-hydrogen) atoms. The van der Waals surface area contributed by atoms with Crippen LogP contribution in [0, 0.1) is 5.82 Å². The minimum Gasteiger partial charge on any atom is -0.507 e. The van der Waals surface area contributed by atoms with Crippen LogP contribution in [0.1, 0.15) is 13.3 Å². The predicted molar refractivity (Wildman–Crippen MR) is 109 cm³/mol. The van der Waals surface area contributed by atoms with Crippen LogP contribution in [-0.4, -0.2) is 60.9 Å². The molecule has 0 aliphatic carbocycles. The standard InChI is InChI=1S/C22H21F2N5O2/c1-22-8-7-17(28(22)2)21(24)19(10-22)31-20-6-5-16(26-27-20)15-4-3-14(9-18(15)30)29-12-13(23)11-25-29/h3-9,11-12,17,19,21,30H,10H2,1-2H3/t17?,19-,21+,22-/m0/s1. The zero-order valence-corrected chi connectivity index (χ0v) is 17.0. The van der Waals surface area contributed by atoms with E-state index < -0.39 is 18.1 Å². The second kappa shape index (κ2) is 7.12. The van der Waals surface area contributed by atoms with E-state index in [-0.39, 0.29) is 23.2 Å². The van der Waals surface area contributed by atoms with Gasteiger partial charge in [-0.2, -0.15) is 5.10 Å². The predicted octanol–water partition coefficient (Wildman–Crippen LogP) is 3.29. The highest BCUT2D eigenvalue weighted by Gasteiger charge is 2.50. The third kappa shape index (κ3) is 3.34. The number of fused-ring (bicyclic) bond motifs is 2. The number of alkyl halides is 1. The molecule has 1 N–H and O–H groups in total. The number of phenols is 1. The first-order chi connectivity index (χ1) is 14.8. The molecule has 1 saturated heterocycles. The van der Waals surface area contributed by atoms with Crippen molar-refractivity contribution in [3.05, 3.63) is 60.7 Å². The van der Waals surface area contributed by atoms with Gasteiger partial charge in [0.15, 0.2) is 12.0 Å². The fourth-order valence-corrected chi connectivity index (χ4v) is 4.27. The zero-order valence-electron chi connectivity index (χ0n) is 17.0. The molecule has 0 amide bonds. The number of aromatic nitrogens is 4. The molecular formula is C22H21F2N5O2. The van der Waals surface area contributed by atoms with Crippen LogP contribution < -0.4 is 4.74 Å². The minimum absolute atomic E-state index is 0.0499. The first-order valence-corrected chi connectivity index (χ1v) is 9.95. The maximum absolute atomic E-state index is 14.9. The summed E-state index contributed by atoms with van der Waals surface area (Å²) < 4.78 is 35.2. The minimum atomic E-state index is -1.16. The average Bonchev–Trinajstić information content (AvgIpc) is 3.27. The van der Waals surface area contributed by atoms with Crippen LogP contribution in [0.25, 0.3) is 16.9 Å². The third-order valence-electron chi connectivity index (χ3n) is 6.19. The molecule has 0 radical (unpaired) electrons. The van der Waals surface area contributed by atoms with E-state index in [0.717, 1.165) is 6.20 Å². The van der Waals surface area contributed by atoms with Crippen LogP contribution in [0.4, 0.5) is 8.78 Å². The van der Waals surface area contributed by atoms with E-state index >= 15 is 0 Å². The Kier molecular flexibility index (Phi) is 4.51. The molecule has 9 heteroatoms. The molecule has 4 atom stereocenters. The molecule has 2 aromatic heterocycles. The third-order valence-corrected chi connectivity index (χ3v) is 6.19. The lowest BCUT2D eigenvalue weighted by molar-refractivity contribution is -0.0365. The van der Waals surface area contributed by atoms with Gasteiger partial charge in [0.2, 0.25) is 5.88 Å². The van der Waals surface area contributed by atoms with E-state index in [1.165, 1.54) is 16.9 Å².